The van der Waals surface area contributed by atoms with Crippen LogP contribution in [0.2, 0.25) is 5.02 Å². The van der Waals surface area contributed by atoms with Gasteiger partial charge in [0.25, 0.3) is 5.56 Å². The Bertz CT molecular complexity index is 1160. The zero-order valence-corrected chi connectivity index (χ0v) is 18.7. The SMILES string of the molecule is Cc1ccccc1-n1c(SCC(=O)N2CCCC(C)C2)nc2cc(Cl)ccc2c1=O. The third-order valence-electron chi connectivity index (χ3n) is 5.49. The normalized spacial score (nSPS) is 16.8. The van der Waals surface area contributed by atoms with Crippen molar-refractivity contribution in [2.45, 2.75) is 31.8 Å². The van der Waals surface area contributed by atoms with Gasteiger partial charge in [0.05, 0.1) is 22.3 Å². The Hall–Kier alpha value is -2.31. The summed E-state index contributed by atoms with van der Waals surface area (Å²) < 4.78 is 1.61. The van der Waals surface area contributed by atoms with Crippen molar-refractivity contribution in [1.82, 2.24) is 14.5 Å². The van der Waals surface area contributed by atoms with Gasteiger partial charge in [-0.3, -0.25) is 14.2 Å². The Balaban J connectivity index is 1.74. The molecule has 1 fully saturated rings. The highest BCUT2D eigenvalue weighted by molar-refractivity contribution is 7.99. The lowest BCUT2D eigenvalue weighted by atomic mass is 10.0. The van der Waals surface area contributed by atoms with Gasteiger partial charge in [-0.25, -0.2) is 4.98 Å². The second-order valence-electron chi connectivity index (χ2n) is 7.86. The molecule has 1 aromatic heterocycles. The third-order valence-corrected chi connectivity index (χ3v) is 6.65. The highest BCUT2D eigenvalue weighted by Crippen LogP contribution is 2.25. The molecule has 5 nitrogen and oxygen atoms in total. The van der Waals surface area contributed by atoms with Crippen LogP contribution in [0.3, 0.4) is 0 Å². The third kappa shape index (κ3) is 4.25. The molecule has 0 N–H and O–H groups in total. The number of hydrogen-bond donors (Lipinski definition) is 0. The van der Waals surface area contributed by atoms with Crippen LogP contribution in [0.15, 0.2) is 52.4 Å². The van der Waals surface area contributed by atoms with Crippen molar-refractivity contribution in [3.05, 3.63) is 63.4 Å². The number of amides is 1. The van der Waals surface area contributed by atoms with Crippen molar-refractivity contribution >= 4 is 40.2 Å². The number of likely N-dealkylation sites (tertiary alicyclic amines) is 1. The van der Waals surface area contributed by atoms with E-state index in [-0.39, 0.29) is 17.2 Å². The van der Waals surface area contributed by atoms with E-state index in [1.807, 2.05) is 36.1 Å². The second kappa shape index (κ2) is 8.82. The van der Waals surface area contributed by atoms with Gasteiger partial charge in [-0.2, -0.15) is 0 Å². The summed E-state index contributed by atoms with van der Waals surface area (Å²) in [7, 11) is 0. The van der Waals surface area contributed by atoms with E-state index in [9.17, 15) is 9.59 Å². The fourth-order valence-electron chi connectivity index (χ4n) is 3.90. The molecular weight excluding hydrogens is 418 g/mol. The van der Waals surface area contributed by atoms with E-state index < -0.39 is 0 Å². The molecule has 0 spiro atoms. The first-order chi connectivity index (χ1) is 14.4. The van der Waals surface area contributed by atoms with Crippen LogP contribution in [0.1, 0.15) is 25.3 Å². The summed E-state index contributed by atoms with van der Waals surface area (Å²) in [5, 5.41) is 1.53. The Morgan fingerprint density at radius 2 is 2.07 bits per heavy atom. The monoisotopic (exact) mass is 441 g/mol. The highest BCUT2D eigenvalue weighted by atomic mass is 35.5. The van der Waals surface area contributed by atoms with Crippen molar-refractivity contribution in [3.8, 4) is 5.69 Å². The molecule has 0 aliphatic carbocycles. The topological polar surface area (TPSA) is 55.2 Å². The molecule has 4 rings (SSSR count). The number of benzene rings is 2. The van der Waals surface area contributed by atoms with Gasteiger partial charge in [0.1, 0.15) is 0 Å². The van der Waals surface area contributed by atoms with Crippen LogP contribution in [0, 0.1) is 12.8 Å². The van der Waals surface area contributed by atoms with Crippen LogP contribution in [0.5, 0.6) is 0 Å². The van der Waals surface area contributed by atoms with E-state index >= 15 is 0 Å². The summed E-state index contributed by atoms with van der Waals surface area (Å²) in [4.78, 5) is 32.8. The van der Waals surface area contributed by atoms with E-state index in [1.165, 1.54) is 11.8 Å². The predicted molar refractivity (Wildman–Crippen MR) is 123 cm³/mol. The van der Waals surface area contributed by atoms with Crippen molar-refractivity contribution in [2.24, 2.45) is 5.92 Å². The predicted octanol–water partition coefficient (Wildman–Crippen LogP) is 4.70. The largest absolute Gasteiger partial charge is 0.342 e. The molecule has 156 valence electrons. The number of carbonyl (C=O) groups excluding carboxylic acids is 1. The van der Waals surface area contributed by atoms with Gasteiger partial charge in [0.2, 0.25) is 5.91 Å². The fourth-order valence-corrected chi connectivity index (χ4v) is 4.97. The average Bonchev–Trinajstić information content (AvgIpc) is 2.72. The minimum atomic E-state index is -0.160. The number of aromatic nitrogens is 2. The molecule has 1 aliphatic heterocycles. The van der Waals surface area contributed by atoms with E-state index in [0.717, 1.165) is 37.2 Å². The number of piperidine rings is 1. The van der Waals surface area contributed by atoms with Gasteiger partial charge in [-0.15, -0.1) is 0 Å². The Kier molecular flexibility index (Phi) is 6.16. The van der Waals surface area contributed by atoms with E-state index in [4.69, 9.17) is 16.6 Å². The molecule has 1 atom stereocenters. The number of thioether (sulfide) groups is 1. The molecular formula is C23H24ClN3O2S. The summed E-state index contributed by atoms with van der Waals surface area (Å²) in [6, 6.07) is 12.8. The van der Waals surface area contributed by atoms with Crippen LogP contribution in [-0.2, 0) is 4.79 Å². The first-order valence-electron chi connectivity index (χ1n) is 10.1. The molecule has 1 aliphatic rings. The van der Waals surface area contributed by atoms with E-state index in [1.54, 1.807) is 22.8 Å². The zero-order chi connectivity index (χ0) is 21.3. The van der Waals surface area contributed by atoms with E-state index in [0.29, 0.717) is 27.0 Å². The Morgan fingerprint density at radius 3 is 2.83 bits per heavy atom. The lowest BCUT2D eigenvalue weighted by molar-refractivity contribution is -0.130. The molecule has 0 radical (unpaired) electrons. The van der Waals surface area contributed by atoms with Crippen LogP contribution >= 0.6 is 23.4 Å². The lowest BCUT2D eigenvalue weighted by Gasteiger charge is -2.30. The number of para-hydroxylation sites is 1. The molecule has 30 heavy (non-hydrogen) atoms. The molecule has 2 heterocycles. The van der Waals surface area contributed by atoms with Crippen LogP contribution in [0.25, 0.3) is 16.6 Å². The van der Waals surface area contributed by atoms with E-state index in [2.05, 4.69) is 6.92 Å². The number of hydrogen-bond acceptors (Lipinski definition) is 4. The lowest BCUT2D eigenvalue weighted by Crippen LogP contribution is -2.40. The smallest absolute Gasteiger partial charge is 0.266 e. The summed E-state index contributed by atoms with van der Waals surface area (Å²) in [5.74, 6) is 0.860. The molecule has 3 aromatic rings. The van der Waals surface area contributed by atoms with Gasteiger partial charge < -0.3 is 4.90 Å². The van der Waals surface area contributed by atoms with Gasteiger partial charge in [0.15, 0.2) is 5.16 Å². The number of rotatable bonds is 4. The molecule has 1 saturated heterocycles. The minimum Gasteiger partial charge on any atom is -0.342 e. The molecule has 2 aromatic carbocycles. The number of halogens is 1. The van der Waals surface area contributed by atoms with Crippen molar-refractivity contribution in [2.75, 3.05) is 18.8 Å². The van der Waals surface area contributed by atoms with Crippen LogP contribution < -0.4 is 5.56 Å². The number of aryl methyl sites for hydroxylation is 1. The standard InChI is InChI=1S/C23H24ClN3O2S/c1-15-6-5-11-26(13-15)21(28)14-30-23-25-19-12-17(24)9-10-18(19)22(29)27(23)20-8-4-3-7-16(20)2/h3-4,7-10,12,15H,5-6,11,13-14H2,1-2H3. The molecule has 0 bridgehead atoms. The summed E-state index contributed by atoms with van der Waals surface area (Å²) >= 11 is 7.44. The maximum Gasteiger partial charge on any atom is 0.266 e. The molecule has 0 saturated carbocycles. The van der Waals surface area contributed by atoms with Crippen molar-refractivity contribution < 1.29 is 4.79 Å². The average molecular weight is 442 g/mol. The Morgan fingerprint density at radius 1 is 1.27 bits per heavy atom. The number of fused-ring (bicyclic) bond motifs is 1. The second-order valence-corrected chi connectivity index (χ2v) is 9.24. The highest BCUT2D eigenvalue weighted by Gasteiger charge is 2.22. The Labute approximate surface area is 185 Å². The van der Waals surface area contributed by atoms with Crippen molar-refractivity contribution in [1.29, 1.82) is 0 Å². The van der Waals surface area contributed by atoms with Crippen molar-refractivity contribution in [3.63, 3.8) is 0 Å². The van der Waals surface area contributed by atoms with Gasteiger partial charge in [0, 0.05) is 18.1 Å². The fraction of sp³-hybridized carbons (Fsp3) is 0.348. The van der Waals surface area contributed by atoms with Crippen LogP contribution in [-0.4, -0.2) is 39.2 Å². The quantitative estimate of drug-likeness (QED) is 0.435. The zero-order valence-electron chi connectivity index (χ0n) is 17.1. The van der Waals surface area contributed by atoms with Gasteiger partial charge >= 0.3 is 0 Å². The van der Waals surface area contributed by atoms with Gasteiger partial charge in [-0.05, 0) is 55.5 Å². The summed E-state index contributed by atoms with van der Waals surface area (Å²) in [6.45, 7) is 5.74. The first-order valence-corrected chi connectivity index (χ1v) is 11.5. The van der Waals surface area contributed by atoms with Gasteiger partial charge in [-0.1, -0.05) is 48.5 Å². The maximum absolute atomic E-state index is 13.4. The molecule has 7 heteroatoms. The molecule has 1 amide bonds. The molecule has 1 unspecified atom stereocenters. The summed E-state index contributed by atoms with van der Waals surface area (Å²) in [5.41, 5.74) is 2.12. The summed E-state index contributed by atoms with van der Waals surface area (Å²) in [6.07, 6.45) is 2.20. The minimum absolute atomic E-state index is 0.0864. The maximum atomic E-state index is 13.4. The number of nitrogens with zero attached hydrogens (tertiary/aromatic N) is 3. The first kappa shape index (κ1) is 20.9. The number of carbonyl (C=O) groups is 1. The van der Waals surface area contributed by atoms with Crippen LogP contribution in [0.4, 0.5) is 0 Å².